The maximum atomic E-state index is 13.7. The molecule has 6 heterocycles. The Morgan fingerprint density at radius 2 is 1.82 bits per heavy atom. The van der Waals surface area contributed by atoms with Gasteiger partial charge in [0.1, 0.15) is 11.6 Å². The van der Waals surface area contributed by atoms with E-state index in [2.05, 4.69) is 37.1 Å². The fourth-order valence-corrected chi connectivity index (χ4v) is 5.09. The van der Waals surface area contributed by atoms with Gasteiger partial charge in [-0.2, -0.15) is 10.1 Å². The van der Waals surface area contributed by atoms with Gasteiger partial charge >= 0.3 is 0 Å². The molecule has 0 unspecified atom stereocenters. The number of likely N-dealkylation sites (N-methyl/N-ethyl adjacent to an activating group) is 1. The molecule has 204 valence electrons. The van der Waals surface area contributed by atoms with Crippen molar-refractivity contribution in [3.8, 4) is 11.3 Å². The van der Waals surface area contributed by atoms with Crippen molar-refractivity contribution < 1.29 is 13.9 Å². The van der Waals surface area contributed by atoms with Gasteiger partial charge in [-0.05, 0) is 32.0 Å². The van der Waals surface area contributed by atoms with Crippen molar-refractivity contribution >= 4 is 34.8 Å². The van der Waals surface area contributed by atoms with Crippen LogP contribution < -0.4 is 15.1 Å². The molecule has 2 aliphatic rings. The number of amides is 1. The molecular weight excluding hydrogens is 498 g/mol. The maximum Gasteiger partial charge on any atom is 0.300 e. The fraction of sp³-hybridized carbons (Fsp3) is 0.444. The molecule has 2 fully saturated rings. The van der Waals surface area contributed by atoms with Crippen LogP contribution in [0.2, 0.25) is 0 Å². The van der Waals surface area contributed by atoms with Gasteiger partial charge in [-0.15, -0.1) is 0 Å². The monoisotopic (exact) mass is 531 g/mol. The topological polar surface area (TPSA) is 118 Å². The lowest BCUT2D eigenvalue weighted by Crippen LogP contribution is -2.44. The van der Waals surface area contributed by atoms with Gasteiger partial charge in [-0.1, -0.05) is 6.07 Å². The van der Waals surface area contributed by atoms with Crippen molar-refractivity contribution in [2.75, 3.05) is 68.5 Å². The number of carbonyl (C=O) groups excluding carboxylic acids is 1. The largest absolute Gasteiger partial charge is 0.422 e. The highest BCUT2D eigenvalue weighted by Gasteiger charge is 2.27. The number of ether oxygens (including phenoxy) is 1. The molecule has 0 aromatic carbocycles. The lowest BCUT2D eigenvalue weighted by atomic mass is 10.1. The second kappa shape index (κ2) is 10.6. The minimum atomic E-state index is -0.304. The highest BCUT2D eigenvalue weighted by molar-refractivity contribution is 6.08. The lowest BCUT2D eigenvalue weighted by Gasteiger charge is -2.32. The van der Waals surface area contributed by atoms with Gasteiger partial charge in [0.25, 0.3) is 11.9 Å². The summed E-state index contributed by atoms with van der Waals surface area (Å²) < 4.78 is 13.4. The third-order valence-corrected chi connectivity index (χ3v) is 7.44. The Bertz CT molecular complexity index is 1470. The van der Waals surface area contributed by atoms with Gasteiger partial charge in [0.2, 0.25) is 5.65 Å². The van der Waals surface area contributed by atoms with Gasteiger partial charge in [-0.3, -0.25) is 9.48 Å². The van der Waals surface area contributed by atoms with Crippen LogP contribution in [0.1, 0.15) is 23.2 Å². The molecule has 1 amide bonds. The second-order valence-electron chi connectivity index (χ2n) is 10.2. The molecule has 0 atom stereocenters. The van der Waals surface area contributed by atoms with E-state index in [1.54, 1.807) is 30.1 Å². The molecule has 12 nitrogen and oxygen atoms in total. The lowest BCUT2D eigenvalue weighted by molar-refractivity contribution is 0.0817. The molecule has 0 saturated carbocycles. The van der Waals surface area contributed by atoms with E-state index in [0.29, 0.717) is 34.4 Å². The SMILES string of the molecule is COC1CCN(c2nc3nc(N4CCN(C)CC4)oc3cc2C(=O)Nc2cccc(-c3cnn(C)c3)n2)CC1. The van der Waals surface area contributed by atoms with E-state index in [9.17, 15) is 4.79 Å². The number of nitrogens with zero attached hydrogens (tertiary/aromatic N) is 8. The smallest absolute Gasteiger partial charge is 0.300 e. The number of piperidine rings is 1. The van der Waals surface area contributed by atoms with Crippen molar-refractivity contribution in [2.24, 2.45) is 7.05 Å². The fourth-order valence-electron chi connectivity index (χ4n) is 5.09. The molecule has 0 radical (unpaired) electrons. The van der Waals surface area contributed by atoms with Crippen LogP contribution in [0.5, 0.6) is 0 Å². The standard InChI is InChI=1S/C27H33N9O3/c1-33-11-13-36(14-12-33)27-32-24-22(39-27)15-20(25(31-24)35-9-7-19(38-3)8-10-35)26(37)30-23-6-4-5-21(29-23)18-16-28-34(2)17-18/h4-6,15-17,19H,7-14H2,1-3H3,(H,29,30,37). The van der Waals surface area contributed by atoms with Crippen LogP contribution in [0.25, 0.3) is 22.5 Å². The highest BCUT2D eigenvalue weighted by atomic mass is 16.5. The Hall–Kier alpha value is -4.03. The van der Waals surface area contributed by atoms with Crippen LogP contribution in [-0.2, 0) is 11.8 Å². The average Bonchev–Trinajstić information content (AvgIpc) is 3.59. The van der Waals surface area contributed by atoms with Crippen molar-refractivity contribution in [2.45, 2.75) is 18.9 Å². The number of hydrogen-bond acceptors (Lipinski definition) is 10. The first-order valence-corrected chi connectivity index (χ1v) is 13.3. The average molecular weight is 532 g/mol. The van der Waals surface area contributed by atoms with E-state index < -0.39 is 0 Å². The molecule has 0 spiro atoms. The van der Waals surface area contributed by atoms with Crippen LogP contribution in [0, 0.1) is 0 Å². The Labute approximate surface area is 226 Å². The minimum Gasteiger partial charge on any atom is -0.422 e. The number of carbonyl (C=O) groups is 1. The zero-order valence-electron chi connectivity index (χ0n) is 22.5. The van der Waals surface area contributed by atoms with E-state index in [1.165, 1.54) is 0 Å². The summed E-state index contributed by atoms with van der Waals surface area (Å²) in [6.07, 6.45) is 5.55. The molecule has 6 rings (SSSR count). The number of oxazole rings is 1. The number of fused-ring (bicyclic) bond motifs is 1. The Morgan fingerprint density at radius 1 is 1.03 bits per heavy atom. The first-order chi connectivity index (χ1) is 19.0. The van der Waals surface area contributed by atoms with Crippen molar-refractivity contribution in [1.82, 2.24) is 29.6 Å². The third kappa shape index (κ3) is 5.30. The van der Waals surface area contributed by atoms with E-state index in [0.717, 1.165) is 63.4 Å². The van der Waals surface area contributed by atoms with Crippen LogP contribution in [-0.4, -0.2) is 95.1 Å². The van der Waals surface area contributed by atoms with Crippen LogP contribution >= 0.6 is 0 Å². The molecule has 4 aromatic heterocycles. The molecule has 0 aliphatic carbocycles. The summed E-state index contributed by atoms with van der Waals surface area (Å²) in [5, 5.41) is 7.19. The Balaban J connectivity index is 1.32. The number of aromatic nitrogens is 5. The molecule has 4 aromatic rings. The zero-order valence-corrected chi connectivity index (χ0v) is 22.5. The van der Waals surface area contributed by atoms with E-state index in [1.807, 2.05) is 25.4 Å². The number of hydrogen-bond donors (Lipinski definition) is 1. The summed E-state index contributed by atoms with van der Waals surface area (Å²) in [6, 6.07) is 7.82. The first kappa shape index (κ1) is 25.3. The summed E-state index contributed by atoms with van der Waals surface area (Å²) in [4.78, 5) is 34.4. The highest BCUT2D eigenvalue weighted by Crippen LogP contribution is 2.30. The quantitative estimate of drug-likeness (QED) is 0.398. The number of piperazine rings is 1. The van der Waals surface area contributed by atoms with Gasteiger partial charge in [0, 0.05) is 71.3 Å². The third-order valence-electron chi connectivity index (χ3n) is 7.44. The number of anilines is 3. The number of pyridine rings is 2. The van der Waals surface area contributed by atoms with Crippen LogP contribution in [0.4, 0.5) is 17.7 Å². The molecular formula is C27H33N9O3. The number of rotatable bonds is 6. The summed E-state index contributed by atoms with van der Waals surface area (Å²) in [5.41, 5.74) is 3.01. The van der Waals surface area contributed by atoms with Crippen LogP contribution in [0.15, 0.2) is 41.1 Å². The zero-order chi connectivity index (χ0) is 26.9. The molecule has 2 saturated heterocycles. The van der Waals surface area contributed by atoms with Gasteiger partial charge in [-0.25, -0.2) is 9.97 Å². The number of methoxy groups -OCH3 is 1. The molecule has 39 heavy (non-hydrogen) atoms. The predicted octanol–water partition coefficient (Wildman–Crippen LogP) is 2.64. The Kier molecular flexibility index (Phi) is 6.88. The second-order valence-corrected chi connectivity index (χ2v) is 10.2. The van der Waals surface area contributed by atoms with E-state index in [4.69, 9.17) is 19.1 Å². The Morgan fingerprint density at radius 3 is 2.54 bits per heavy atom. The molecule has 2 aliphatic heterocycles. The minimum absolute atomic E-state index is 0.206. The van der Waals surface area contributed by atoms with Crippen molar-refractivity contribution in [3.63, 3.8) is 0 Å². The summed E-state index contributed by atoms with van der Waals surface area (Å²) in [5.74, 6) is 0.735. The van der Waals surface area contributed by atoms with E-state index in [-0.39, 0.29) is 12.0 Å². The maximum absolute atomic E-state index is 13.7. The van der Waals surface area contributed by atoms with Crippen molar-refractivity contribution in [1.29, 1.82) is 0 Å². The molecule has 12 heteroatoms. The summed E-state index contributed by atoms with van der Waals surface area (Å²) in [6.45, 7) is 4.99. The number of nitrogens with one attached hydrogen (secondary N) is 1. The van der Waals surface area contributed by atoms with Gasteiger partial charge in [0.15, 0.2) is 5.58 Å². The predicted molar refractivity (Wildman–Crippen MR) is 148 cm³/mol. The normalized spacial score (nSPS) is 17.2. The van der Waals surface area contributed by atoms with Gasteiger partial charge in [0.05, 0.1) is 23.6 Å². The van der Waals surface area contributed by atoms with Gasteiger partial charge < -0.3 is 29.2 Å². The van der Waals surface area contributed by atoms with E-state index >= 15 is 0 Å². The van der Waals surface area contributed by atoms with Crippen molar-refractivity contribution in [3.05, 3.63) is 42.2 Å². The summed E-state index contributed by atoms with van der Waals surface area (Å²) >= 11 is 0. The summed E-state index contributed by atoms with van der Waals surface area (Å²) in [7, 11) is 5.70. The molecule has 0 bridgehead atoms. The molecule has 1 N–H and O–H groups in total. The van der Waals surface area contributed by atoms with Crippen LogP contribution in [0.3, 0.4) is 0 Å². The number of aryl methyl sites for hydroxylation is 1. The first-order valence-electron chi connectivity index (χ1n) is 13.3.